The topological polar surface area (TPSA) is 33.7 Å². The monoisotopic (exact) mass is 382 g/mol. The second kappa shape index (κ2) is 9.44. The molecule has 2 aromatic rings. The lowest BCUT2D eigenvalue weighted by molar-refractivity contribution is 0.222. The lowest BCUT2D eigenvalue weighted by atomic mass is 9.86. The number of hydrogen-bond acceptors (Lipinski definition) is 4. The van der Waals surface area contributed by atoms with Crippen molar-refractivity contribution in [2.24, 2.45) is 0 Å². The highest BCUT2D eigenvalue weighted by Crippen LogP contribution is 2.35. The lowest BCUT2D eigenvalue weighted by Gasteiger charge is -2.29. The van der Waals surface area contributed by atoms with Gasteiger partial charge in [-0.25, -0.2) is 0 Å². The number of fused-ring (bicyclic) bond motifs is 1. The first-order valence-corrected chi connectivity index (χ1v) is 10.4. The molecule has 4 nitrogen and oxygen atoms in total. The Morgan fingerprint density at radius 2 is 1.79 bits per heavy atom. The fourth-order valence-corrected chi connectivity index (χ4v) is 4.09. The Hall–Kier alpha value is -2.04. The molecule has 1 atom stereocenters. The van der Waals surface area contributed by atoms with E-state index in [9.17, 15) is 0 Å². The van der Waals surface area contributed by atoms with Gasteiger partial charge in [-0.05, 0) is 79.4 Å². The highest BCUT2D eigenvalue weighted by molar-refractivity contribution is 5.50. The molecule has 0 amide bonds. The van der Waals surface area contributed by atoms with Gasteiger partial charge in [0.15, 0.2) is 0 Å². The van der Waals surface area contributed by atoms with Gasteiger partial charge in [-0.1, -0.05) is 26.0 Å². The first kappa shape index (κ1) is 20.7. The molecule has 0 saturated carbocycles. The van der Waals surface area contributed by atoms with E-state index < -0.39 is 0 Å². The van der Waals surface area contributed by atoms with Crippen molar-refractivity contribution in [2.75, 3.05) is 39.9 Å². The normalized spacial score (nSPS) is 16.1. The minimum absolute atomic E-state index is 0.220. The van der Waals surface area contributed by atoms with E-state index in [-0.39, 0.29) is 6.04 Å². The molecule has 2 aromatic carbocycles. The number of nitrogens with one attached hydrogen (secondary N) is 1. The molecule has 1 unspecified atom stereocenters. The maximum atomic E-state index is 6.04. The summed E-state index contributed by atoms with van der Waals surface area (Å²) in [6, 6.07) is 11.1. The van der Waals surface area contributed by atoms with Crippen LogP contribution in [0, 0.1) is 13.8 Å². The maximum absolute atomic E-state index is 6.04. The molecule has 0 radical (unpaired) electrons. The Morgan fingerprint density at radius 3 is 2.50 bits per heavy atom. The third-order valence-corrected chi connectivity index (χ3v) is 6.05. The van der Waals surface area contributed by atoms with E-state index >= 15 is 0 Å². The van der Waals surface area contributed by atoms with Crippen molar-refractivity contribution in [3.8, 4) is 11.5 Å². The fourth-order valence-electron chi connectivity index (χ4n) is 4.09. The number of ether oxygens (including phenoxy) is 2. The van der Waals surface area contributed by atoms with Crippen molar-refractivity contribution in [1.29, 1.82) is 0 Å². The first-order chi connectivity index (χ1) is 13.6. The fraction of sp³-hybridized carbons (Fsp3) is 0.500. The van der Waals surface area contributed by atoms with E-state index in [4.69, 9.17) is 9.47 Å². The van der Waals surface area contributed by atoms with Crippen molar-refractivity contribution >= 4 is 0 Å². The van der Waals surface area contributed by atoms with E-state index in [1.807, 2.05) is 0 Å². The lowest BCUT2D eigenvalue weighted by Crippen LogP contribution is -2.31. The molecule has 0 fully saturated rings. The second-order valence-electron chi connectivity index (χ2n) is 7.48. The van der Waals surface area contributed by atoms with E-state index in [1.54, 1.807) is 7.11 Å². The van der Waals surface area contributed by atoms with Gasteiger partial charge in [0.1, 0.15) is 18.1 Å². The third kappa shape index (κ3) is 4.34. The number of hydrogen-bond donors (Lipinski definition) is 1. The van der Waals surface area contributed by atoms with E-state index in [1.165, 1.54) is 27.8 Å². The number of benzene rings is 2. The molecule has 1 aliphatic rings. The highest BCUT2D eigenvalue weighted by atomic mass is 16.5. The summed E-state index contributed by atoms with van der Waals surface area (Å²) < 4.78 is 11.5. The zero-order chi connectivity index (χ0) is 20.1. The van der Waals surface area contributed by atoms with Crippen LogP contribution in [0.2, 0.25) is 0 Å². The largest absolute Gasteiger partial charge is 0.496 e. The average molecular weight is 383 g/mol. The molecule has 0 aromatic heterocycles. The van der Waals surface area contributed by atoms with E-state index in [2.05, 4.69) is 68.2 Å². The number of nitrogens with zero attached hydrogens (tertiary/aromatic N) is 1. The Balaban J connectivity index is 1.79. The minimum Gasteiger partial charge on any atom is -0.496 e. The number of methoxy groups -OCH3 is 1. The van der Waals surface area contributed by atoms with Gasteiger partial charge in [0.2, 0.25) is 0 Å². The molecule has 152 valence electrons. The molecule has 0 saturated heterocycles. The summed E-state index contributed by atoms with van der Waals surface area (Å²) in [6.45, 7) is 13.5. The summed E-state index contributed by atoms with van der Waals surface area (Å²) >= 11 is 0. The van der Waals surface area contributed by atoms with E-state index in [0.717, 1.165) is 50.7 Å². The van der Waals surface area contributed by atoms with Gasteiger partial charge in [-0.3, -0.25) is 0 Å². The van der Waals surface area contributed by atoms with Crippen LogP contribution in [0.1, 0.15) is 47.7 Å². The van der Waals surface area contributed by atoms with Crippen molar-refractivity contribution in [3.05, 3.63) is 58.1 Å². The van der Waals surface area contributed by atoms with Crippen molar-refractivity contribution in [2.45, 2.75) is 40.2 Å². The van der Waals surface area contributed by atoms with Crippen LogP contribution in [-0.2, 0) is 6.42 Å². The van der Waals surface area contributed by atoms with Gasteiger partial charge >= 0.3 is 0 Å². The Morgan fingerprint density at radius 1 is 1.04 bits per heavy atom. The van der Waals surface area contributed by atoms with Crippen LogP contribution in [0.5, 0.6) is 11.5 Å². The smallest absolute Gasteiger partial charge is 0.122 e. The predicted octanol–water partition coefficient (Wildman–Crippen LogP) is 4.27. The Labute approximate surface area is 169 Å². The Bertz CT molecular complexity index is 799. The van der Waals surface area contributed by atoms with Crippen LogP contribution in [0.3, 0.4) is 0 Å². The van der Waals surface area contributed by atoms with Gasteiger partial charge in [0, 0.05) is 13.1 Å². The molecule has 1 N–H and O–H groups in total. The standard InChI is InChI=1S/C24H34N2O2/c1-6-26(7-2)14-15-28-20-8-9-22-19(16-20)12-13-25-24(22)21-10-11-23(27-5)18(4)17(21)3/h8-11,16,24-25H,6-7,12-15H2,1-5H3. The Kier molecular flexibility index (Phi) is 6.97. The summed E-state index contributed by atoms with van der Waals surface area (Å²) in [5.74, 6) is 1.93. The molecule has 3 rings (SSSR count). The molecule has 28 heavy (non-hydrogen) atoms. The molecule has 4 heteroatoms. The van der Waals surface area contributed by atoms with Crippen LogP contribution >= 0.6 is 0 Å². The van der Waals surface area contributed by atoms with Crippen LogP contribution < -0.4 is 14.8 Å². The first-order valence-electron chi connectivity index (χ1n) is 10.4. The third-order valence-electron chi connectivity index (χ3n) is 6.05. The zero-order valence-electron chi connectivity index (χ0n) is 18.0. The summed E-state index contributed by atoms with van der Waals surface area (Å²) in [5, 5.41) is 3.70. The predicted molar refractivity (Wildman–Crippen MR) is 116 cm³/mol. The van der Waals surface area contributed by atoms with Crippen LogP contribution in [0.4, 0.5) is 0 Å². The highest BCUT2D eigenvalue weighted by Gasteiger charge is 2.24. The molecule has 0 spiro atoms. The molecular formula is C24H34N2O2. The van der Waals surface area contributed by atoms with E-state index in [0.29, 0.717) is 0 Å². The molecule has 1 aliphatic heterocycles. The summed E-state index contributed by atoms with van der Waals surface area (Å²) in [6.07, 6.45) is 1.03. The molecule has 0 bridgehead atoms. The number of rotatable bonds is 8. The van der Waals surface area contributed by atoms with Gasteiger partial charge in [-0.15, -0.1) is 0 Å². The van der Waals surface area contributed by atoms with Gasteiger partial charge in [-0.2, -0.15) is 0 Å². The van der Waals surface area contributed by atoms with Crippen molar-refractivity contribution < 1.29 is 9.47 Å². The summed E-state index contributed by atoms with van der Waals surface area (Å²) in [4.78, 5) is 2.38. The van der Waals surface area contributed by atoms with Gasteiger partial charge in [0.25, 0.3) is 0 Å². The number of likely N-dealkylation sites (N-methyl/N-ethyl adjacent to an activating group) is 1. The summed E-state index contributed by atoms with van der Waals surface area (Å²) in [5.41, 5.74) is 6.58. The quantitative estimate of drug-likeness (QED) is 0.739. The average Bonchev–Trinajstić information content (AvgIpc) is 2.72. The van der Waals surface area contributed by atoms with Gasteiger partial charge in [0.05, 0.1) is 13.2 Å². The van der Waals surface area contributed by atoms with Crippen LogP contribution in [-0.4, -0.2) is 44.8 Å². The zero-order valence-corrected chi connectivity index (χ0v) is 18.0. The van der Waals surface area contributed by atoms with Crippen molar-refractivity contribution in [3.63, 3.8) is 0 Å². The minimum atomic E-state index is 0.220. The summed E-state index contributed by atoms with van der Waals surface area (Å²) in [7, 11) is 1.73. The molecular weight excluding hydrogens is 348 g/mol. The van der Waals surface area contributed by atoms with Crippen LogP contribution in [0.15, 0.2) is 30.3 Å². The second-order valence-corrected chi connectivity index (χ2v) is 7.48. The van der Waals surface area contributed by atoms with Crippen LogP contribution in [0.25, 0.3) is 0 Å². The van der Waals surface area contributed by atoms with Crippen molar-refractivity contribution in [1.82, 2.24) is 10.2 Å². The van der Waals surface area contributed by atoms with Gasteiger partial charge < -0.3 is 19.7 Å². The SMILES string of the molecule is CCN(CC)CCOc1ccc2c(c1)CCNC2c1ccc(OC)c(C)c1C. The maximum Gasteiger partial charge on any atom is 0.122 e. The molecule has 1 heterocycles. The molecule has 0 aliphatic carbocycles.